The first-order chi connectivity index (χ1) is 12.1. The monoisotopic (exact) mass is 332 g/mol. The number of hydrogen-bond acceptors (Lipinski definition) is 5. The summed E-state index contributed by atoms with van der Waals surface area (Å²) in [4.78, 5) is 20.2. The third-order valence-electron chi connectivity index (χ3n) is 3.74. The van der Waals surface area contributed by atoms with Crippen molar-refractivity contribution in [3.63, 3.8) is 0 Å². The molecule has 3 aromatic rings. The van der Waals surface area contributed by atoms with Crippen LogP contribution in [0.4, 0.5) is 17.2 Å². The van der Waals surface area contributed by atoms with Crippen LogP contribution >= 0.6 is 0 Å². The highest BCUT2D eigenvalue weighted by molar-refractivity contribution is 5.94. The van der Waals surface area contributed by atoms with Gasteiger partial charge in [-0.1, -0.05) is 24.3 Å². The van der Waals surface area contributed by atoms with E-state index in [1.54, 1.807) is 30.5 Å². The number of ketones is 1. The summed E-state index contributed by atoms with van der Waals surface area (Å²) < 4.78 is 0. The van der Waals surface area contributed by atoms with Gasteiger partial charge in [-0.2, -0.15) is 0 Å². The number of anilines is 3. The number of nitrogen functional groups attached to an aromatic ring is 1. The second-order valence-corrected chi connectivity index (χ2v) is 5.53. The van der Waals surface area contributed by atoms with Gasteiger partial charge in [-0.15, -0.1) is 0 Å². The molecule has 25 heavy (non-hydrogen) atoms. The fraction of sp³-hybridized carbons (Fsp3) is 0.0526. The predicted octanol–water partition coefficient (Wildman–Crippen LogP) is 1.85. The Hall–Kier alpha value is -3.54. The van der Waals surface area contributed by atoms with Gasteiger partial charge in [0.2, 0.25) is 0 Å². The molecule has 1 heterocycles. The Labute approximate surface area is 145 Å². The minimum Gasteiger partial charge on any atom is -0.398 e. The number of carbonyl (C=O) groups excluding carboxylic acids is 1. The van der Waals surface area contributed by atoms with E-state index in [2.05, 4.69) is 15.3 Å². The first kappa shape index (κ1) is 16.3. The highest BCUT2D eigenvalue weighted by Gasteiger charge is 2.06. The van der Waals surface area contributed by atoms with E-state index in [0.717, 1.165) is 16.8 Å². The molecule has 0 radical (unpaired) electrons. The molecule has 3 rings (SSSR count). The van der Waals surface area contributed by atoms with E-state index >= 15 is 0 Å². The fourth-order valence-electron chi connectivity index (χ4n) is 2.37. The van der Waals surface area contributed by atoms with Crippen molar-refractivity contribution >= 4 is 29.2 Å². The number of carbonyl (C=O) groups is 1. The number of aromatic nitrogens is 2. The van der Waals surface area contributed by atoms with Gasteiger partial charge >= 0.3 is 0 Å². The first-order valence-corrected chi connectivity index (χ1v) is 7.73. The fourth-order valence-corrected chi connectivity index (χ4v) is 2.37. The molecule has 0 aliphatic rings. The van der Waals surface area contributed by atoms with Gasteiger partial charge in [-0.3, -0.25) is 10.2 Å². The van der Waals surface area contributed by atoms with Crippen LogP contribution in [-0.4, -0.2) is 22.0 Å². The Kier molecular flexibility index (Phi) is 4.52. The number of nitrogens with two attached hydrogens (primary N) is 2. The molecule has 0 bridgehead atoms. The topological polar surface area (TPSA) is 106 Å². The number of Topliss-reactive ketones (excluding diaryl/α,β-unsaturated/α-hetero) is 1. The van der Waals surface area contributed by atoms with Crippen LogP contribution in [-0.2, 0) is 0 Å². The van der Waals surface area contributed by atoms with Crippen molar-refractivity contribution in [2.75, 3.05) is 11.1 Å². The Bertz CT molecular complexity index is 935. The second-order valence-electron chi connectivity index (χ2n) is 5.53. The first-order valence-electron chi connectivity index (χ1n) is 7.73. The number of hydrogen-bond donors (Lipinski definition) is 3. The summed E-state index contributed by atoms with van der Waals surface area (Å²) in [6.45, 7) is 1.54. The van der Waals surface area contributed by atoms with Crippen LogP contribution in [0.15, 0.2) is 54.7 Å². The molecule has 0 unspecified atom stereocenters. The maximum Gasteiger partial charge on any atom is 0.169 e. The van der Waals surface area contributed by atoms with Crippen LogP contribution in [0.25, 0.3) is 11.4 Å². The lowest BCUT2D eigenvalue weighted by Gasteiger charge is -2.08. The second kappa shape index (κ2) is 6.92. The summed E-state index contributed by atoms with van der Waals surface area (Å²) in [6.07, 6.45) is 3.14. The van der Waals surface area contributed by atoms with E-state index in [1.807, 2.05) is 24.3 Å². The number of benzene rings is 2. The maximum atomic E-state index is 11.4. The molecule has 0 amide bonds. The van der Waals surface area contributed by atoms with Crippen LogP contribution in [0.3, 0.4) is 0 Å². The minimum absolute atomic E-state index is 0.0266. The van der Waals surface area contributed by atoms with E-state index in [9.17, 15) is 4.79 Å². The summed E-state index contributed by atoms with van der Waals surface area (Å²) >= 11 is 0. The third kappa shape index (κ3) is 3.69. The smallest absolute Gasteiger partial charge is 0.169 e. The van der Waals surface area contributed by atoms with Gasteiger partial charge in [-0.25, -0.2) is 9.97 Å². The summed E-state index contributed by atoms with van der Waals surface area (Å²) in [6, 6.07) is 14.5. The molecule has 2 aromatic carbocycles. The van der Waals surface area contributed by atoms with Crippen LogP contribution in [0.2, 0.25) is 0 Å². The molecule has 124 valence electrons. The molecular weight excluding hydrogens is 314 g/mol. The average molecular weight is 332 g/mol. The van der Waals surface area contributed by atoms with Crippen molar-refractivity contribution in [3.05, 3.63) is 65.9 Å². The predicted molar refractivity (Wildman–Crippen MR) is 98.7 cm³/mol. The summed E-state index contributed by atoms with van der Waals surface area (Å²) in [5.41, 5.74) is 9.52. The van der Waals surface area contributed by atoms with Gasteiger partial charge in [0.25, 0.3) is 0 Å². The van der Waals surface area contributed by atoms with Gasteiger partial charge in [0.15, 0.2) is 17.8 Å². The van der Waals surface area contributed by atoms with Gasteiger partial charge in [-0.05, 0) is 31.2 Å². The normalized spacial score (nSPS) is 10.3. The quantitative estimate of drug-likeness (QED) is 0.375. The SMILES string of the molecule is CC(=O)c1ccc(-c2nccc(Nc3ccc(N)c(C=[NH2+])c3)n2)cc1. The van der Waals surface area contributed by atoms with E-state index in [0.29, 0.717) is 22.9 Å². The zero-order valence-electron chi connectivity index (χ0n) is 13.7. The van der Waals surface area contributed by atoms with Gasteiger partial charge in [0.1, 0.15) is 5.82 Å². The lowest BCUT2D eigenvalue weighted by molar-refractivity contribution is -0.104. The van der Waals surface area contributed by atoms with Crippen LogP contribution < -0.4 is 16.5 Å². The highest BCUT2D eigenvalue weighted by Crippen LogP contribution is 2.21. The molecular formula is C19H18N5O+. The molecule has 0 saturated carbocycles. The summed E-state index contributed by atoms with van der Waals surface area (Å²) in [5, 5.41) is 8.77. The zero-order chi connectivity index (χ0) is 17.8. The molecule has 6 heteroatoms. The molecule has 0 aliphatic heterocycles. The van der Waals surface area contributed by atoms with Crippen molar-refractivity contribution < 1.29 is 10.2 Å². The lowest BCUT2D eigenvalue weighted by Crippen LogP contribution is -2.30. The number of nitrogens with zero attached hydrogens (tertiary/aromatic N) is 2. The summed E-state index contributed by atoms with van der Waals surface area (Å²) in [7, 11) is 0. The number of rotatable bonds is 5. The molecule has 0 atom stereocenters. The van der Waals surface area contributed by atoms with E-state index in [-0.39, 0.29) is 5.78 Å². The molecule has 0 fully saturated rings. The van der Waals surface area contributed by atoms with Crippen LogP contribution in [0.1, 0.15) is 22.8 Å². The molecule has 6 nitrogen and oxygen atoms in total. The van der Waals surface area contributed by atoms with Gasteiger partial charge in [0, 0.05) is 28.7 Å². The van der Waals surface area contributed by atoms with Crippen LogP contribution in [0, 0.1) is 0 Å². The van der Waals surface area contributed by atoms with Crippen molar-refractivity contribution in [1.29, 1.82) is 0 Å². The van der Waals surface area contributed by atoms with Crippen molar-refractivity contribution in [2.24, 2.45) is 0 Å². The molecule has 0 saturated heterocycles. The Morgan fingerprint density at radius 3 is 2.60 bits per heavy atom. The average Bonchev–Trinajstić information content (AvgIpc) is 2.63. The molecule has 5 N–H and O–H groups in total. The number of nitrogens with one attached hydrogen (secondary N) is 1. The molecule has 0 spiro atoms. The third-order valence-corrected chi connectivity index (χ3v) is 3.74. The van der Waals surface area contributed by atoms with E-state index in [1.165, 1.54) is 13.1 Å². The lowest BCUT2D eigenvalue weighted by atomic mass is 10.1. The Balaban J connectivity index is 1.86. The zero-order valence-corrected chi connectivity index (χ0v) is 13.7. The minimum atomic E-state index is 0.0266. The Morgan fingerprint density at radius 1 is 1.16 bits per heavy atom. The van der Waals surface area contributed by atoms with Crippen LogP contribution in [0.5, 0.6) is 0 Å². The molecule has 0 aliphatic carbocycles. The molecule has 1 aromatic heterocycles. The maximum absolute atomic E-state index is 11.4. The van der Waals surface area contributed by atoms with Crippen molar-refractivity contribution in [1.82, 2.24) is 9.97 Å². The highest BCUT2D eigenvalue weighted by atomic mass is 16.1. The Morgan fingerprint density at radius 2 is 1.92 bits per heavy atom. The van der Waals surface area contributed by atoms with Gasteiger partial charge < -0.3 is 11.1 Å². The largest absolute Gasteiger partial charge is 0.398 e. The van der Waals surface area contributed by atoms with E-state index < -0.39 is 0 Å². The van der Waals surface area contributed by atoms with Crippen molar-refractivity contribution in [2.45, 2.75) is 6.92 Å². The standard InChI is InChI=1S/C19H17N5O/c1-12(25)13-2-4-14(5-3-13)19-22-9-8-18(24-19)23-16-6-7-17(21)15(10-16)11-20/h2-11,20H,21H2,1H3,(H,22,23,24)/p+1. The summed E-state index contributed by atoms with van der Waals surface area (Å²) in [5.74, 6) is 1.24. The van der Waals surface area contributed by atoms with Gasteiger partial charge in [0.05, 0.1) is 5.56 Å². The van der Waals surface area contributed by atoms with Crippen molar-refractivity contribution in [3.8, 4) is 11.4 Å². The van der Waals surface area contributed by atoms with E-state index in [4.69, 9.17) is 11.1 Å².